The fourth-order valence-corrected chi connectivity index (χ4v) is 2.58. The molecule has 2 heterocycles. The van der Waals surface area contributed by atoms with Gasteiger partial charge in [-0.3, -0.25) is 14.6 Å². The highest BCUT2D eigenvalue weighted by Crippen LogP contribution is 2.37. The van der Waals surface area contributed by atoms with Crippen LogP contribution >= 0.6 is 0 Å². The minimum atomic E-state index is -0.534. The topological polar surface area (TPSA) is 96.0 Å². The van der Waals surface area contributed by atoms with E-state index in [9.17, 15) is 14.7 Å². The van der Waals surface area contributed by atoms with E-state index in [2.05, 4.69) is 4.99 Å². The maximum absolute atomic E-state index is 12.6. The summed E-state index contributed by atoms with van der Waals surface area (Å²) in [7, 11) is 0. The third-order valence-corrected chi connectivity index (χ3v) is 3.76. The summed E-state index contributed by atoms with van der Waals surface area (Å²) in [6, 6.07) is 3.12. The van der Waals surface area contributed by atoms with Crippen LogP contribution in [-0.4, -0.2) is 34.1 Å². The van der Waals surface area contributed by atoms with Gasteiger partial charge in [-0.05, 0) is 30.5 Å². The van der Waals surface area contributed by atoms with Crippen LogP contribution in [0.25, 0.3) is 0 Å². The molecule has 0 saturated heterocycles. The second kappa shape index (κ2) is 5.14. The minimum Gasteiger partial charge on any atom is -0.505 e. The summed E-state index contributed by atoms with van der Waals surface area (Å²) < 4.78 is 0. The number of aryl methyl sites for hydroxylation is 1. The normalized spacial score (nSPS) is 19.9. The van der Waals surface area contributed by atoms with Crippen LogP contribution in [0.2, 0.25) is 0 Å². The number of benzene rings is 1. The number of rotatable bonds is 2. The molecule has 0 saturated carbocycles. The van der Waals surface area contributed by atoms with Gasteiger partial charge in [0.2, 0.25) is 5.91 Å². The number of nitrogens with two attached hydrogens (primary N) is 1. The lowest BCUT2D eigenvalue weighted by Gasteiger charge is -2.18. The fourth-order valence-electron chi connectivity index (χ4n) is 2.58. The predicted molar refractivity (Wildman–Crippen MR) is 82.0 cm³/mol. The highest BCUT2D eigenvalue weighted by molar-refractivity contribution is 6.05. The predicted octanol–water partition coefficient (Wildman–Crippen LogP) is 1.56. The van der Waals surface area contributed by atoms with E-state index in [1.54, 1.807) is 42.4 Å². The van der Waals surface area contributed by atoms with Crippen LogP contribution in [0.5, 0.6) is 5.75 Å². The Labute approximate surface area is 127 Å². The molecule has 1 atom stereocenters. The Morgan fingerprint density at radius 2 is 2.27 bits per heavy atom. The molecule has 1 aromatic carbocycles. The van der Waals surface area contributed by atoms with Gasteiger partial charge in [0, 0.05) is 18.5 Å². The molecule has 2 amide bonds. The average Bonchev–Trinajstić information content (AvgIpc) is 2.84. The molecule has 0 aliphatic carbocycles. The molecule has 112 valence electrons. The van der Waals surface area contributed by atoms with Gasteiger partial charge in [-0.2, -0.15) is 0 Å². The van der Waals surface area contributed by atoms with E-state index in [1.165, 1.54) is 6.08 Å². The van der Waals surface area contributed by atoms with Gasteiger partial charge in [0.05, 0.1) is 11.6 Å². The van der Waals surface area contributed by atoms with Crippen LogP contribution in [0, 0.1) is 6.92 Å². The zero-order chi connectivity index (χ0) is 15.9. The molecule has 0 unspecified atom stereocenters. The van der Waals surface area contributed by atoms with Crippen molar-refractivity contribution in [2.45, 2.75) is 19.4 Å². The number of phenols is 1. The molecule has 3 rings (SSSR count). The maximum Gasteiger partial charge on any atom is 0.260 e. The molecule has 6 heteroatoms. The molecule has 3 N–H and O–H groups in total. The molecule has 0 aromatic heterocycles. The smallest absolute Gasteiger partial charge is 0.260 e. The van der Waals surface area contributed by atoms with Crippen molar-refractivity contribution in [3.8, 4) is 5.75 Å². The maximum atomic E-state index is 12.6. The molecule has 22 heavy (non-hydrogen) atoms. The van der Waals surface area contributed by atoms with E-state index >= 15 is 0 Å². The number of aromatic hydroxyl groups is 1. The number of amides is 2. The number of hydrogen-bond donors (Lipinski definition) is 2. The molecular formula is C16H15N3O3. The van der Waals surface area contributed by atoms with Crippen LogP contribution in [0.4, 0.5) is 5.69 Å². The summed E-state index contributed by atoms with van der Waals surface area (Å²) in [5, 5.41) is 10.1. The lowest BCUT2D eigenvalue weighted by molar-refractivity contribution is -0.113. The molecule has 2 aliphatic heterocycles. The van der Waals surface area contributed by atoms with E-state index in [4.69, 9.17) is 5.73 Å². The Balaban J connectivity index is 1.99. The van der Waals surface area contributed by atoms with E-state index in [1.807, 2.05) is 0 Å². The Morgan fingerprint density at radius 1 is 1.50 bits per heavy atom. The highest BCUT2D eigenvalue weighted by Gasteiger charge is 2.32. The number of allylic oxidation sites excluding steroid dienone is 1. The number of aliphatic imine (C=N–C) groups is 1. The number of phenolic OH excluding ortho intramolecular Hbond substituents is 1. The molecule has 6 nitrogen and oxygen atoms in total. The Kier molecular flexibility index (Phi) is 3.29. The standard InChI is InChI=1S/C16H15N3O3/c1-9-2-4-12-14(15(9)21)18-7-11-6-10(3-5-13(17)20)8-19(11)16(12)22/h2-5,7-8,11,21H,6H2,1H3,(H2,17,20)/b5-3+/t11-/m0/s1. The summed E-state index contributed by atoms with van der Waals surface area (Å²) in [6.45, 7) is 1.76. The zero-order valence-electron chi connectivity index (χ0n) is 12.0. The number of carbonyl (C=O) groups is 2. The molecular weight excluding hydrogens is 282 g/mol. The largest absolute Gasteiger partial charge is 0.505 e. The van der Waals surface area contributed by atoms with Crippen LogP contribution < -0.4 is 5.73 Å². The third-order valence-electron chi connectivity index (χ3n) is 3.76. The summed E-state index contributed by atoms with van der Waals surface area (Å²) in [4.78, 5) is 29.3. The van der Waals surface area contributed by atoms with Gasteiger partial charge in [0.25, 0.3) is 5.91 Å². The van der Waals surface area contributed by atoms with Crippen molar-refractivity contribution in [3.63, 3.8) is 0 Å². The summed E-state index contributed by atoms with van der Waals surface area (Å²) in [6.07, 6.45) is 6.75. The van der Waals surface area contributed by atoms with Crippen molar-refractivity contribution in [2.75, 3.05) is 0 Å². The van der Waals surface area contributed by atoms with Crippen molar-refractivity contribution >= 4 is 23.7 Å². The SMILES string of the molecule is Cc1ccc2c(c1O)N=C[C@@H]1CC(/C=C/C(N)=O)=CN1C2=O. The van der Waals surface area contributed by atoms with Crippen molar-refractivity contribution < 1.29 is 14.7 Å². The number of hydrogen-bond acceptors (Lipinski definition) is 4. The van der Waals surface area contributed by atoms with Gasteiger partial charge in [0.1, 0.15) is 11.4 Å². The number of primary amides is 1. The van der Waals surface area contributed by atoms with Crippen molar-refractivity contribution in [1.29, 1.82) is 0 Å². The first kappa shape index (κ1) is 14.1. The van der Waals surface area contributed by atoms with Gasteiger partial charge in [-0.1, -0.05) is 12.1 Å². The second-order valence-electron chi connectivity index (χ2n) is 5.33. The second-order valence-corrected chi connectivity index (χ2v) is 5.33. The number of nitrogens with zero attached hydrogens (tertiary/aromatic N) is 2. The molecule has 0 fully saturated rings. The lowest BCUT2D eigenvalue weighted by atomic mass is 10.1. The van der Waals surface area contributed by atoms with E-state index in [0.29, 0.717) is 23.2 Å². The number of carbonyl (C=O) groups excluding carboxylic acids is 2. The molecule has 2 aliphatic rings. The summed E-state index contributed by atoms with van der Waals surface area (Å²) in [5.74, 6) is -0.731. The van der Waals surface area contributed by atoms with Crippen LogP contribution in [0.15, 0.2) is 41.1 Å². The van der Waals surface area contributed by atoms with E-state index in [-0.39, 0.29) is 17.7 Å². The van der Waals surface area contributed by atoms with E-state index < -0.39 is 5.91 Å². The lowest BCUT2D eigenvalue weighted by Crippen LogP contribution is -2.32. The van der Waals surface area contributed by atoms with Gasteiger partial charge in [-0.15, -0.1) is 0 Å². The van der Waals surface area contributed by atoms with E-state index in [0.717, 1.165) is 5.57 Å². The third kappa shape index (κ3) is 2.28. The molecule has 0 spiro atoms. The Morgan fingerprint density at radius 3 is 3.00 bits per heavy atom. The van der Waals surface area contributed by atoms with Crippen molar-refractivity contribution in [1.82, 2.24) is 4.90 Å². The van der Waals surface area contributed by atoms with Crippen LogP contribution in [0.3, 0.4) is 0 Å². The Hall–Kier alpha value is -2.89. The van der Waals surface area contributed by atoms with Crippen molar-refractivity contribution in [2.24, 2.45) is 10.7 Å². The molecule has 1 aromatic rings. The van der Waals surface area contributed by atoms with Crippen molar-refractivity contribution in [3.05, 3.63) is 47.2 Å². The van der Waals surface area contributed by atoms with Crippen LogP contribution in [-0.2, 0) is 4.79 Å². The summed E-state index contributed by atoms with van der Waals surface area (Å²) in [5.41, 5.74) is 7.24. The first-order valence-corrected chi connectivity index (χ1v) is 6.85. The average molecular weight is 297 g/mol. The monoisotopic (exact) mass is 297 g/mol. The fraction of sp³-hybridized carbons (Fsp3) is 0.188. The Bertz CT molecular complexity index is 762. The molecule has 0 bridgehead atoms. The quantitative estimate of drug-likeness (QED) is 0.811. The van der Waals surface area contributed by atoms with Crippen LogP contribution in [0.1, 0.15) is 22.3 Å². The zero-order valence-corrected chi connectivity index (χ0v) is 12.0. The number of fused-ring (bicyclic) bond motifs is 2. The minimum absolute atomic E-state index is 0.0288. The summed E-state index contributed by atoms with van der Waals surface area (Å²) >= 11 is 0. The van der Waals surface area contributed by atoms with Gasteiger partial charge >= 0.3 is 0 Å². The van der Waals surface area contributed by atoms with Gasteiger partial charge in [-0.25, -0.2) is 0 Å². The molecule has 0 radical (unpaired) electrons. The first-order valence-electron chi connectivity index (χ1n) is 6.85. The first-order chi connectivity index (χ1) is 10.5. The highest BCUT2D eigenvalue weighted by atomic mass is 16.3. The van der Waals surface area contributed by atoms with Gasteiger partial charge in [0.15, 0.2) is 0 Å². The van der Waals surface area contributed by atoms with Gasteiger partial charge < -0.3 is 15.7 Å².